The molecule has 11 nitrogen and oxygen atoms in total. The summed E-state index contributed by atoms with van der Waals surface area (Å²) in [6.45, 7) is 3.77. The first-order valence-electron chi connectivity index (χ1n) is 13.6. The van der Waals surface area contributed by atoms with E-state index in [9.17, 15) is 28.3 Å². The molecule has 40 heavy (non-hydrogen) atoms. The molecule has 3 aromatic rings. The van der Waals surface area contributed by atoms with Crippen LogP contribution in [0.5, 0.6) is 0 Å². The Morgan fingerprint density at radius 2 is 2.00 bits per heavy atom. The van der Waals surface area contributed by atoms with Crippen molar-refractivity contribution in [1.82, 2.24) is 35.0 Å². The number of amides is 2. The summed E-state index contributed by atoms with van der Waals surface area (Å²) in [5.41, 5.74) is -0.636. The van der Waals surface area contributed by atoms with Crippen LogP contribution in [0.15, 0.2) is 30.7 Å². The third kappa shape index (κ3) is 5.28. The number of carboxylic acids is 1. The number of carbonyl (C=O) groups is 3. The van der Waals surface area contributed by atoms with Crippen molar-refractivity contribution < 1.29 is 28.3 Å². The van der Waals surface area contributed by atoms with E-state index in [1.54, 1.807) is 29.2 Å². The Kier molecular flexibility index (Phi) is 7.32. The van der Waals surface area contributed by atoms with Crippen LogP contribution in [0, 0.1) is 17.3 Å². The number of carboxylic acid groups (broad SMARTS) is 1. The smallest absolute Gasteiger partial charge is 0.319 e. The third-order valence-corrected chi connectivity index (χ3v) is 8.20. The lowest BCUT2D eigenvalue weighted by atomic mass is 9.74. The zero-order chi connectivity index (χ0) is 28.7. The largest absolute Gasteiger partial charge is 0.480 e. The summed E-state index contributed by atoms with van der Waals surface area (Å²) in [6, 6.07) is 2.81. The maximum absolute atomic E-state index is 14.2. The molecule has 0 spiro atoms. The number of halogens is 2. The van der Waals surface area contributed by atoms with Crippen molar-refractivity contribution in [3.05, 3.63) is 47.7 Å². The van der Waals surface area contributed by atoms with Gasteiger partial charge in [-0.25, -0.2) is 18.3 Å². The summed E-state index contributed by atoms with van der Waals surface area (Å²) < 4.78 is 31.5. The van der Waals surface area contributed by atoms with Gasteiger partial charge in [0.05, 0.1) is 30.7 Å². The maximum atomic E-state index is 14.2. The summed E-state index contributed by atoms with van der Waals surface area (Å²) in [5, 5.41) is 23.5. The fraction of sp³-hybridized carbons (Fsp3) is 0.556. The van der Waals surface area contributed by atoms with Crippen molar-refractivity contribution in [1.29, 1.82) is 0 Å². The average molecular weight is 558 g/mol. The summed E-state index contributed by atoms with van der Waals surface area (Å²) in [5.74, 6) is -5.43. The van der Waals surface area contributed by atoms with E-state index in [2.05, 4.69) is 22.4 Å². The highest BCUT2D eigenvalue weighted by molar-refractivity contribution is 6.03. The molecule has 1 aliphatic carbocycles. The van der Waals surface area contributed by atoms with Crippen LogP contribution in [0.25, 0.3) is 5.65 Å². The van der Waals surface area contributed by atoms with Gasteiger partial charge in [-0.1, -0.05) is 19.8 Å². The number of aryl methyl sites for hydroxylation is 1. The molecule has 0 radical (unpaired) electrons. The van der Waals surface area contributed by atoms with Gasteiger partial charge in [0.1, 0.15) is 5.69 Å². The highest BCUT2D eigenvalue weighted by Crippen LogP contribution is 2.40. The first kappa shape index (κ1) is 27.7. The minimum Gasteiger partial charge on any atom is -0.480 e. The van der Waals surface area contributed by atoms with Gasteiger partial charge in [0.2, 0.25) is 5.91 Å². The van der Waals surface area contributed by atoms with Gasteiger partial charge in [-0.15, -0.1) is 0 Å². The molecule has 3 aromatic heterocycles. The standard InChI is InChI=1S/C27H33F2N7O4/c1-3-35-20(8-9-31-35)23(37)34-22(18-6-4-16(2)5-7-18)19-13-36-21(33-19)10-17(12-32-36)11-26(25(39)40)14-27(28,29)15-30-24(26)38/h8-10,12-13,16,18,22H,3-7,11,14-15H2,1-2H3,(H,30,38)(H,34,37)(H,39,40)/t16?,18?,22-,26?/m0/s1. The number of nitrogens with zero attached hydrogens (tertiary/aromatic N) is 5. The summed E-state index contributed by atoms with van der Waals surface area (Å²) in [4.78, 5) is 42.6. The minimum atomic E-state index is -3.35. The molecule has 1 saturated carbocycles. The molecule has 1 saturated heterocycles. The lowest BCUT2D eigenvalue weighted by Gasteiger charge is -2.36. The van der Waals surface area contributed by atoms with Crippen molar-refractivity contribution >= 4 is 23.4 Å². The lowest BCUT2D eigenvalue weighted by molar-refractivity contribution is -0.169. The lowest BCUT2D eigenvalue weighted by Crippen LogP contribution is -2.59. The monoisotopic (exact) mass is 557 g/mol. The third-order valence-electron chi connectivity index (χ3n) is 8.20. The molecular weight excluding hydrogens is 524 g/mol. The molecule has 1 aliphatic heterocycles. The predicted octanol–water partition coefficient (Wildman–Crippen LogP) is 3.01. The second-order valence-electron chi connectivity index (χ2n) is 11.1. The molecule has 2 fully saturated rings. The van der Waals surface area contributed by atoms with E-state index >= 15 is 0 Å². The molecule has 0 aromatic carbocycles. The Morgan fingerprint density at radius 1 is 1.25 bits per heavy atom. The van der Waals surface area contributed by atoms with Crippen LogP contribution in [0.1, 0.15) is 73.7 Å². The van der Waals surface area contributed by atoms with Crippen LogP contribution in [0.3, 0.4) is 0 Å². The second kappa shape index (κ2) is 10.6. The Balaban J connectivity index is 1.46. The summed E-state index contributed by atoms with van der Waals surface area (Å²) in [7, 11) is 0. The first-order valence-corrected chi connectivity index (χ1v) is 13.6. The Bertz CT molecular complexity index is 1430. The molecule has 1 unspecified atom stereocenters. The van der Waals surface area contributed by atoms with Crippen LogP contribution < -0.4 is 10.6 Å². The van der Waals surface area contributed by atoms with Gasteiger partial charge in [0.15, 0.2) is 11.1 Å². The molecule has 2 aliphatic rings. The van der Waals surface area contributed by atoms with Crippen molar-refractivity contribution in [3.8, 4) is 0 Å². The summed E-state index contributed by atoms with van der Waals surface area (Å²) >= 11 is 0. The molecule has 214 valence electrons. The van der Waals surface area contributed by atoms with E-state index in [0.717, 1.165) is 25.7 Å². The van der Waals surface area contributed by atoms with Crippen LogP contribution >= 0.6 is 0 Å². The molecule has 0 bridgehead atoms. The zero-order valence-electron chi connectivity index (χ0n) is 22.4. The maximum Gasteiger partial charge on any atom is 0.319 e. The Labute approximate surface area is 229 Å². The minimum absolute atomic E-state index is 0.144. The van der Waals surface area contributed by atoms with E-state index in [-0.39, 0.29) is 11.8 Å². The van der Waals surface area contributed by atoms with Gasteiger partial charge >= 0.3 is 5.97 Å². The number of aliphatic carboxylic acids is 1. The summed E-state index contributed by atoms with van der Waals surface area (Å²) in [6.07, 6.45) is 6.98. The van der Waals surface area contributed by atoms with Crippen molar-refractivity contribution in [2.45, 2.75) is 70.9 Å². The fourth-order valence-electron chi connectivity index (χ4n) is 5.93. The van der Waals surface area contributed by atoms with Crippen LogP contribution in [0.2, 0.25) is 0 Å². The number of carbonyl (C=O) groups excluding carboxylic acids is 2. The number of hydrogen-bond acceptors (Lipinski definition) is 6. The highest BCUT2D eigenvalue weighted by atomic mass is 19.3. The highest BCUT2D eigenvalue weighted by Gasteiger charge is 2.56. The van der Waals surface area contributed by atoms with E-state index in [4.69, 9.17) is 4.98 Å². The van der Waals surface area contributed by atoms with Gasteiger partial charge in [-0.05, 0) is 55.7 Å². The Morgan fingerprint density at radius 3 is 2.70 bits per heavy atom. The number of nitrogens with one attached hydrogen (secondary N) is 2. The number of alkyl halides is 2. The van der Waals surface area contributed by atoms with Gasteiger partial charge in [-0.2, -0.15) is 10.2 Å². The quantitative estimate of drug-likeness (QED) is 0.361. The van der Waals surface area contributed by atoms with Crippen LogP contribution in [0.4, 0.5) is 8.78 Å². The van der Waals surface area contributed by atoms with Gasteiger partial charge in [0, 0.05) is 19.2 Å². The van der Waals surface area contributed by atoms with E-state index in [0.29, 0.717) is 35.1 Å². The molecular formula is C27H33F2N7O4. The normalized spacial score (nSPS) is 25.4. The van der Waals surface area contributed by atoms with Crippen molar-refractivity contribution in [2.24, 2.45) is 17.3 Å². The number of hydrogen-bond donors (Lipinski definition) is 3. The van der Waals surface area contributed by atoms with Gasteiger partial charge in [0.25, 0.3) is 11.8 Å². The predicted molar refractivity (Wildman–Crippen MR) is 139 cm³/mol. The first-order chi connectivity index (χ1) is 19.0. The van der Waals surface area contributed by atoms with Crippen molar-refractivity contribution in [3.63, 3.8) is 0 Å². The number of aromatic nitrogens is 5. The Hall–Kier alpha value is -3.90. The van der Waals surface area contributed by atoms with Gasteiger partial charge in [-0.3, -0.25) is 19.1 Å². The van der Waals surface area contributed by atoms with E-state index in [1.807, 2.05) is 12.2 Å². The molecule has 2 amide bonds. The van der Waals surface area contributed by atoms with Crippen LogP contribution in [-0.4, -0.2) is 59.7 Å². The second-order valence-corrected chi connectivity index (χ2v) is 11.1. The number of imidazole rings is 1. The fourth-order valence-corrected chi connectivity index (χ4v) is 5.93. The number of rotatable bonds is 8. The molecule has 13 heteroatoms. The van der Waals surface area contributed by atoms with E-state index < -0.39 is 48.6 Å². The molecule has 3 N–H and O–H groups in total. The zero-order valence-corrected chi connectivity index (χ0v) is 22.4. The number of piperidine rings is 1. The van der Waals surface area contributed by atoms with Crippen molar-refractivity contribution in [2.75, 3.05) is 6.54 Å². The SMILES string of the molecule is CCn1nccc1C(=O)N[C@H](c1cn2ncc(CC3(C(=O)O)CC(F)(F)CNC3=O)cc2n1)C1CCC(C)CC1. The number of fused-ring (bicyclic) bond motifs is 1. The van der Waals surface area contributed by atoms with E-state index in [1.165, 1.54) is 10.7 Å². The van der Waals surface area contributed by atoms with Crippen LogP contribution in [-0.2, 0) is 22.6 Å². The average Bonchev–Trinajstić information content (AvgIpc) is 3.56. The molecule has 5 rings (SSSR count). The topological polar surface area (TPSA) is 144 Å². The molecule has 4 heterocycles. The molecule has 2 atom stereocenters. The van der Waals surface area contributed by atoms with Gasteiger partial charge < -0.3 is 15.7 Å².